The Bertz CT molecular complexity index is 735. The SMILES string of the molecule is N[C@H]1CN(CC[C@@H]2CCc3cccnc3[C@@H](O)C2)CC[C@@H]1c1ccccc1. The van der Waals surface area contributed by atoms with Crippen LogP contribution in [0.25, 0.3) is 0 Å². The lowest BCUT2D eigenvalue weighted by Gasteiger charge is -2.37. The number of hydrogen-bond acceptors (Lipinski definition) is 4. The van der Waals surface area contributed by atoms with E-state index in [0.29, 0.717) is 11.8 Å². The molecule has 0 spiro atoms. The van der Waals surface area contributed by atoms with Gasteiger partial charge in [-0.15, -0.1) is 0 Å². The second-order valence-corrected chi connectivity index (χ2v) is 8.26. The Kier molecular flexibility index (Phi) is 5.86. The van der Waals surface area contributed by atoms with Crippen LogP contribution in [0.15, 0.2) is 48.7 Å². The minimum Gasteiger partial charge on any atom is -0.387 e. The van der Waals surface area contributed by atoms with E-state index in [0.717, 1.165) is 57.4 Å². The van der Waals surface area contributed by atoms with E-state index in [4.69, 9.17) is 5.73 Å². The quantitative estimate of drug-likeness (QED) is 0.817. The van der Waals surface area contributed by atoms with Crippen LogP contribution in [-0.4, -0.2) is 40.7 Å². The molecule has 0 unspecified atom stereocenters. The van der Waals surface area contributed by atoms with Gasteiger partial charge in [0.2, 0.25) is 0 Å². The molecule has 2 aliphatic rings. The van der Waals surface area contributed by atoms with E-state index >= 15 is 0 Å². The molecule has 2 aromatic rings. The van der Waals surface area contributed by atoms with Crippen LogP contribution in [0.2, 0.25) is 0 Å². The zero-order valence-electron chi connectivity index (χ0n) is 16.0. The second-order valence-electron chi connectivity index (χ2n) is 8.26. The summed E-state index contributed by atoms with van der Waals surface area (Å²) in [7, 11) is 0. The fourth-order valence-electron chi connectivity index (χ4n) is 4.86. The molecule has 1 fully saturated rings. The molecule has 0 amide bonds. The Morgan fingerprint density at radius 1 is 1.11 bits per heavy atom. The summed E-state index contributed by atoms with van der Waals surface area (Å²) in [5.41, 5.74) is 10.0. The highest BCUT2D eigenvalue weighted by Crippen LogP contribution is 2.33. The van der Waals surface area contributed by atoms with Crippen molar-refractivity contribution in [3.63, 3.8) is 0 Å². The Morgan fingerprint density at radius 3 is 2.78 bits per heavy atom. The molecule has 0 radical (unpaired) electrons. The molecule has 4 heteroatoms. The van der Waals surface area contributed by atoms with Crippen molar-refractivity contribution < 1.29 is 5.11 Å². The van der Waals surface area contributed by atoms with Gasteiger partial charge in [-0.1, -0.05) is 36.4 Å². The van der Waals surface area contributed by atoms with Gasteiger partial charge in [-0.25, -0.2) is 0 Å². The van der Waals surface area contributed by atoms with E-state index in [1.54, 1.807) is 6.20 Å². The number of aliphatic hydroxyl groups is 1. The average Bonchev–Trinajstić information content (AvgIpc) is 2.86. The van der Waals surface area contributed by atoms with E-state index in [2.05, 4.69) is 46.3 Å². The average molecular weight is 366 g/mol. The number of aliphatic hydroxyl groups excluding tert-OH is 1. The molecule has 27 heavy (non-hydrogen) atoms. The monoisotopic (exact) mass is 365 g/mol. The molecule has 2 heterocycles. The van der Waals surface area contributed by atoms with Gasteiger partial charge in [-0.3, -0.25) is 4.98 Å². The number of fused-ring (bicyclic) bond motifs is 1. The molecule has 1 aromatic carbocycles. The number of aryl methyl sites for hydroxylation is 1. The van der Waals surface area contributed by atoms with E-state index in [1.165, 1.54) is 11.1 Å². The molecule has 0 bridgehead atoms. The van der Waals surface area contributed by atoms with Crippen LogP contribution in [0, 0.1) is 5.92 Å². The predicted molar refractivity (Wildman–Crippen MR) is 108 cm³/mol. The van der Waals surface area contributed by atoms with Crippen LogP contribution in [0.4, 0.5) is 0 Å². The Hall–Kier alpha value is -1.75. The maximum atomic E-state index is 10.6. The molecule has 4 nitrogen and oxygen atoms in total. The number of nitrogens with two attached hydrogens (primary N) is 1. The van der Waals surface area contributed by atoms with Gasteiger partial charge in [0.1, 0.15) is 0 Å². The zero-order valence-corrected chi connectivity index (χ0v) is 16.0. The number of aromatic nitrogens is 1. The summed E-state index contributed by atoms with van der Waals surface area (Å²) in [4.78, 5) is 6.94. The molecular weight excluding hydrogens is 334 g/mol. The summed E-state index contributed by atoms with van der Waals surface area (Å²) >= 11 is 0. The first-order valence-electron chi connectivity index (χ1n) is 10.4. The normalized spacial score (nSPS) is 29.1. The fraction of sp³-hybridized carbons (Fsp3) is 0.522. The van der Waals surface area contributed by atoms with Crippen molar-refractivity contribution in [3.05, 3.63) is 65.5 Å². The molecule has 4 atom stereocenters. The largest absolute Gasteiger partial charge is 0.387 e. The zero-order chi connectivity index (χ0) is 18.6. The van der Waals surface area contributed by atoms with Crippen molar-refractivity contribution >= 4 is 0 Å². The summed E-state index contributed by atoms with van der Waals surface area (Å²) < 4.78 is 0. The van der Waals surface area contributed by atoms with Crippen LogP contribution in [-0.2, 0) is 6.42 Å². The third-order valence-corrected chi connectivity index (χ3v) is 6.44. The highest BCUT2D eigenvalue weighted by atomic mass is 16.3. The number of nitrogens with zero attached hydrogens (tertiary/aromatic N) is 2. The van der Waals surface area contributed by atoms with Crippen molar-refractivity contribution in [2.45, 2.75) is 50.2 Å². The molecule has 4 rings (SSSR count). The second kappa shape index (κ2) is 8.51. The van der Waals surface area contributed by atoms with Gasteiger partial charge >= 0.3 is 0 Å². The standard InChI is InChI=1S/C23H31N3O/c24-21-16-26(14-11-20(21)18-5-2-1-3-6-18)13-10-17-8-9-19-7-4-12-25-23(19)22(27)15-17/h1-7,12,17,20-22,27H,8-11,13-16,24H2/t17-,20+,21-,22-/m0/s1. The molecule has 1 saturated heterocycles. The van der Waals surface area contributed by atoms with Gasteiger partial charge < -0.3 is 15.7 Å². The Balaban J connectivity index is 1.29. The van der Waals surface area contributed by atoms with Gasteiger partial charge in [0.05, 0.1) is 11.8 Å². The summed E-state index contributed by atoms with van der Waals surface area (Å²) in [5, 5.41) is 10.6. The summed E-state index contributed by atoms with van der Waals surface area (Å²) in [6.07, 6.45) is 6.64. The molecular formula is C23H31N3O. The minimum absolute atomic E-state index is 0.203. The van der Waals surface area contributed by atoms with Crippen molar-refractivity contribution in [1.82, 2.24) is 9.88 Å². The first-order chi connectivity index (χ1) is 13.2. The van der Waals surface area contributed by atoms with Gasteiger partial charge in [-0.05, 0) is 68.3 Å². The molecule has 3 N–H and O–H groups in total. The maximum Gasteiger partial charge on any atom is 0.0965 e. The molecule has 1 aliphatic heterocycles. The van der Waals surface area contributed by atoms with Gasteiger partial charge in [0, 0.05) is 24.7 Å². The van der Waals surface area contributed by atoms with Crippen LogP contribution < -0.4 is 5.73 Å². The number of piperidine rings is 1. The highest BCUT2D eigenvalue weighted by molar-refractivity contribution is 5.24. The molecule has 1 aromatic heterocycles. The van der Waals surface area contributed by atoms with Crippen molar-refractivity contribution in [1.29, 1.82) is 0 Å². The highest BCUT2D eigenvalue weighted by Gasteiger charge is 2.29. The third-order valence-electron chi connectivity index (χ3n) is 6.44. The third kappa shape index (κ3) is 4.40. The smallest absolute Gasteiger partial charge is 0.0965 e. The van der Waals surface area contributed by atoms with Gasteiger partial charge in [0.15, 0.2) is 0 Å². The number of rotatable bonds is 4. The molecule has 144 valence electrons. The number of pyridine rings is 1. The Morgan fingerprint density at radius 2 is 1.96 bits per heavy atom. The first-order valence-corrected chi connectivity index (χ1v) is 10.4. The van der Waals surface area contributed by atoms with Crippen molar-refractivity contribution in [2.24, 2.45) is 11.7 Å². The van der Waals surface area contributed by atoms with E-state index in [1.807, 2.05) is 6.07 Å². The minimum atomic E-state index is -0.417. The first kappa shape index (κ1) is 18.6. The predicted octanol–water partition coefficient (Wildman–Crippen LogP) is 3.27. The molecule has 1 aliphatic carbocycles. The maximum absolute atomic E-state index is 10.6. The van der Waals surface area contributed by atoms with Crippen LogP contribution >= 0.6 is 0 Å². The lowest BCUT2D eigenvalue weighted by atomic mass is 9.85. The number of benzene rings is 1. The summed E-state index contributed by atoms with van der Waals surface area (Å²) in [6, 6.07) is 15.0. The van der Waals surface area contributed by atoms with E-state index in [-0.39, 0.29) is 6.04 Å². The van der Waals surface area contributed by atoms with Crippen molar-refractivity contribution in [2.75, 3.05) is 19.6 Å². The van der Waals surface area contributed by atoms with Gasteiger partial charge in [-0.2, -0.15) is 0 Å². The Labute approximate surface area is 162 Å². The topological polar surface area (TPSA) is 62.4 Å². The molecule has 0 saturated carbocycles. The number of likely N-dealkylation sites (tertiary alicyclic amines) is 1. The lowest BCUT2D eigenvalue weighted by Crippen LogP contribution is -2.47. The van der Waals surface area contributed by atoms with Crippen LogP contribution in [0.3, 0.4) is 0 Å². The van der Waals surface area contributed by atoms with E-state index in [9.17, 15) is 5.11 Å². The van der Waals surface area contributed by atoms with E-state index < -0.39 is 6.10 Å². The fourth-order valence-corrected chi connectivity index (χ4v) is 4.86. The lowest BCUT2D eigenvalue weighted by molar-refractivity contribution is 0.127. The van der Waals surface area contributed by atoms with Gasteiger partial charge in [0.25, 0.3) is 0 Å². The van der Waals surface area contributed by atoms with Crippen molar-refractivity contribution in [3.8, 4) is 0 Å². The van der Waals surface area contributed by atoms with Crippen LogP contribution in [0.1, 0.15) is 54.5 Å². The summed E-state index contributed by atoms with van der Waals surface area (Å²) in [5.74, 6) is 1.03. The van der Waals surface area contributed by atoms with Crippen LogP contribution in [0.5, 0.6) is 0 Å². The number of hydrogen-bond donors (Lipinski definition) is 2. The summed E-state index contributed by atoms with van der Waals surface area (Å²) in [6.45, 7) is 3.16.